The number of hydrogen-bond donors (Lipinski definition) is 1. The highest BCUT2D eigenvalue weighted by Gasteiger charge is 2.38. The SMILES string of the molecule is CN1C(=O)N(c2ccc(-c3cn(C)c4ncnc(N)c34)c(F)c2)CC1c1cccc(Cl)c1F. The maximum Gasteiger partial charge on any atom is 0.324 e. The van der Waals surface area contributed by atoms with Crippen LogP contribution in [0.1, 0.15) is 11.6 Å². The molecule has 1 aliphatic rings. The summed E-state index contributed by atoms with van der Waals surface area (Å²) in [7, 11) is 3.37. The summed E-state index contributed by atoms with van der Waals surface area (Å²) in [5.41, 5.74) is 8.15. The summed E-state index contributed by atoms with van der Waals surface area (Å²) in [6, 6.07) is 8.28. The summed E-state index contributed by atoms with van der Waals surface area (Å²) in [4.78, 5) is 24.0. The number of aryl methyl sites for hydroxylation is 1. The van der Waals surface area contributed by atoms with Crippen LogP contribution in [0.25, 0.3) is 22.2 Å². The maximum atomic E-state index is 15.3. The van der Waals surface area contributed by atoms with E-state index >= 15 is 4.39 Å². The van der Waals surface area contributed by atoms with Crippen molar-refractivity contribution in [2.75, 3.05) is 24.2 Å². The van der Waals surface area contributed by atoms with E-state index < -0.39 is 17.7 Å². The van der Waals surface area contributed by atoms with E-state index in [4.69, 9.17) is 17.3 Å². The molecule has 0 bridgehead atoms. The van der Waals surface area contributed by atoms with E-state index in [1.807, 2.05) is 0 Å². The van der Waals surface area contributed by atoms with Crippen LogP contribution in [0.2, 0.25) is 5.02 Å². The van der Waals surface area contributed by atoms with Crippen LogP contribution in [0.3, 0.4) is 0 Å². The lowest BCUT2D eigenvalue weighted by Crippen LogP contribution is -2.29. The van der Waals surface area contributed by atoms with Gasteiger partial charge in [0.15, 0.2) is 0 Å². The molecular weight excluding hydrogens is 450 g/mol. The van der Waals surface area contributed by atoms with Gasteiger partial charge in [-0.3, -0.25) is 4.90 Å². The number of nitrogens with zero attached hydrogens (tertiary/aromatic N) is 5. The minimum atomic E-state index is -0.567. The molecule has 2 N–H and O–H groups in total. The highest BCUT2D eigenvalue weighted by Crippen LogP contribution is 2.38. The maximum absolute atomic E-state index is 15.3. The van der Waals surface area contributed by atoms with Crippen LogP contribution >= 0.6 is 11.6 Å². The van der Waals surface area contributed by atoms with E-state index in [0.29, 0.717) is 33.4 Å². The van der Waals surface area contributed by atoms with Gasteiger partial charge < -0.3 is 15.2 Å². The molecular formula is C23H19ClF2N6O. The van der Waals surface area contributed by atoms with Crippen molar-refractivity contribution in [2.45, 2.75) is 6.04 Å². The Bertz CT molecular complexity index is 1420. The predicted molar refractivity (Wildman–Crippen MR) is 123 cm³/mol. The van der Waals surface area contributed by atoms with Gasteiger partial charge in [-0.15, -0.1) is 0 Å². The molecule has 3 heterocycles. The molecule has 1 atom stereocenters. The Hall–Kier alpha value is -3.72. The van der Waals surface area contributed by atoms with Gasteiger partial charge in [0.2, 0.25) is 0 Å². The third-order valence-electron chi connectivity index (χ3n) is 6.03. The first-order valence-corrected chi connectivity index (χ1v) is 10.5. The normalized spacial score (nSPS) is 16.3. The number of likely N-dealkylation sites (N-methyl/N-ethyl adjacent to an activating group) is 1. The first kappa shape index (κ1) is 21.1. The molecule has 0 aliphatic carbocycles. The van der Waals surface area contributed by atoms with E-state index in [0.717, 1.165) is 0 Å². The highest BCUT2D eigenvalue weighted by atomic mass is 35.5. The fourth-order valence-electron chi connectivity index (χ4n) is 4.33. The van der Waals surface area contributed by atoms with Gasteiger partial charge in [0.25, 0.3) is 0 Å². The van der Waals surface area contributed by atoms with Gasteiger partial charge in [-0.05, 0) is 24.3 Å². The Labute approximate surface area is 193 Å². The van der Waals surface area contributed by atoms with Crippen molar-refractivity contribution in [3.8, 4) is 11.1 Å². The van der Waals surface area contributed by atoms with Crippen molar-refractivity contribution in [1.82, 2.24) is 19.4 Å². The van der Waals surface area contributed by atoms with Gasteiger partial charge in [-0.25, -0.2) is 23.5 Å². The summed E-state index contributed by atoms with van der Waals surface area (Å²) >= 11 is 5.92. The van der Waals surface area contributed by atoms with Gasteiger partial charge in [0.05, 0.1) is 23.0 Å². The Morgan fingerprint density at radius 2 is 1.91 bits per heavy atom. The Balaban J connectivity index is 1.52. The number of anilines is 2. The summed E-state index contributed by atoms with van der Waals surface area (Å²) in [6.45, 7) is 0.153. The number of aromatic nitrogens is 3. The van der Waals surface area contributed by atoms with Crippen molar-refractivity contribution in [3.05, 3.63) is 71.1 Å². The van der Waals surface area contributed by atoms with Gasteiger partial charge in [0.1, 0.15) is 29.4 Å². The quantitative estimate of drug-likeness (QED) is 0.470. The van der Waals surface area contributed by atoms with E-state index in [-0.39, 0.29) is 23.4 Å². The second kappa shape index (κ2) is 7.70. The third-order valence-corrected chi connectivity index (χ3v) is 6.33. The van der Waals surface area contributed by atoms with Crippen LogP contribution in [0.4, 0.5) is 25.1 Å². The molecule has 1 aliphatic heterocycles. The number of urea groups is 1. The van der Waals surface area contributed by atoms with Gasteiger partial charge >= 0.3 is 6.03 Å². The summed E-state index contributed by atoms with van der Waals surface area (Å²) in [5.74, 6) is -0.846. The second-order valence-electron chi connectivity index (χ2n) is 7.94. The molecule has 168 valence electrons. The van der Waals surface area contributed by atoms with E-state index in [2.05, 4.69) is 9.97 Å². The van der Waals surface area contributed by atoms with Crippen molar-refractivity contribution in [2.24, 2.45) is 7.05 Å². The van der Waals surface area contributed by atoms with Crippen molar-refractivity contribution < 1.29 is 13.6 Å². The molecule has 2 aromatic heterocycles. The van der Waals surface area contributed by atoms with Crippen LogP contribution < -0.4 is 10.6 Å². The predicted octanol–water partition coefficient (Wildman–Crippen LogP) is 4.76. The summed E-state index contributed by atoms with van der Waals surface area (Å²) < 4.78 is 31.6. The van der Waals surface area contributed by atoms with Gasteiger partial charge in [-0.2, -0.15) is 0 Å². The number of benzene rings is 2. The van der Waals surface area contributed by atoms with Crippen LogP contribution in [0.5, 0.6) is 0 Å². The third kappa shape index (κ3) is 3.27. The zero-order valence-electron chi connectivity index (χ0n) is 17.8. The number of carbonyl (C=O) groups excluding carboxylic acids is 1. The molecule has 0 radical (unpaired) electrons. The average molecular weight is 469 g/mol. The number of carbonyl (C=O) groups is 1. The fraction of sp³-hybridized carbons (Fsp3) is 0.174. The zero-order chi connectivity index (χ0) is 23.4. The smallest absolute Gasteiger partial charge is 0.324 e. The standard InChI is InChI=1S/C23H19ClF2N6O/c1-30-9-15(19-21(27)28-11-29-22(19)30)13-7-6-12(8-17(13)25)32-10-18(31(2)23(32)33)14-4-3-5-16(24)20(14)26/h3-9,11,18H,10H2,1-2H3,(H2,27,28,29). The lowest BCUT2D eigenvalue weighted by atomic mass is 10.0. The molecule has 0 spiro atoms. The minimum Gasteiger partial charge on any atom is -0.383 e. The number of amides is 2. The lowest BCUT2D eigenvalue weighted by molar-refractivity contribution is 0.218. The number of nitrogen functional groups attached to an aromatic ring is 1. The van der Waals surface area contributed by atoms with Crippen LogP contribution in [0.15, 0.2) is 48.9 Å². The number of rotatable bonds is 3. The number of halogens is 3. The van der Waals surface area contributed by atoms with E-state index in [1.54, 1.807) is 49.1 Å². The summed E-state index contributed by atoms with van der Waals surface area (Å²) in [5, 5.41) is 0.542. The monoisotopic (exact) mass is 468 g/mol. The lowest BCUT2D eigenvalue weighted by Gasteiger charge is -2.18. The fourth-order valence-corrected chi connectivity index (χ4v) is 4.51. The number of fused-ring (bicyclic) bond motifs is 1. The Kier molecular flexibility index (Phi) is 4.93. The second-order valence-corrected chi connectivity index (χ2v) is 8.35. The topological polar surface area (TPSA) is 80.3 Å². The molecule has 0 saturated carbocycles. The molecule has 10 heteroatoms. The molecule has 1 unspecified atom stereocenters. The van der Waals surface area contributed by atoms with E-state index in [9.17, 15) is 9.18 Å². The first-order chi connectivity index (χ1) is 15.8. The molecule has 4 aromatic rings. The molecule has 2 amide bonds. The summed E-state index contributed by atoms with van der Waals surface area (Å²) in [6.07, 6.45) is 3.09. The Morgan fingerprint density at radius 1 is 1.12 bits per heavy atom. The van der Waals surface area contributed by atoms with Gasteiger partial charge in [0, 0.05) is 42.7 Å². The van der Waals surface area contributed by atoms with Crippen LogP contribution in [0, 0.1) is 11.6 Å². The molecule has 1 fully saturated rings. The van der Waals surface area contributed by atoms with Crippen LogP contribution in [-0.2, 0) is 7.05 Å². The van der Waals surface area contributed by atoms with Crippen molar-refractivity contribution >= 4 is 40.2 Å². The highest BCUT2D eigenvalue weighted by molar-refractivity contribution is 6.30. The zero-order valence-corrected chi connectivity index (χ0v) is 18.5. The van der Waals surface area contributed by atoms with E-state index in [1.165, 1.54) is 28.3 Å². The van der Waals surface area contributed by atoms with Crippen molar-refractivity contribution in [1.29, 1.82) is 0 Å². The van der Waals surface area contributed by atoms with Crippen molar-refractivity contribution in [3.63, 3.8) is 0 Å². The first-order valence-electron chi connectivity index (χ1n) is 10.1. The molecule has 33 heavy (non-hydrogen) atoms. The molecule has 2 aromatic carbocycles. The number of hydrogen-bond acceptors (Lipinski definition) is 4. The minimum absolute atomic E-state index is 0.0134. The largest absolute Gasteiger partial charge is 0.383 e. The number of nitrogens with two attached hydrogens (primary N) is 1. The Morgan fingerprint density at radius 3 is 2.67 bits per heavy atom. The van der Waals surface area contributed by atoms with Crippen LogP contribution in [-0.4, -0.2) is 39.1 Å². The molecule has 1 saturated heterocycles. The molecule has 7 nitrogen and oxygen atoms in total. The average Bonchev–Trinajstić information content (AvgIpc) is 3.28. The van der Waals surface area contributed by atoms with Gasteiger partial charge in [-0.1, -0.05) is 23.7 Å². The molecule has 5 rings (SSSR count).